The van der Waals surface area contributed by atoms with Gasteiger partial charge < -0.3 is 20.7 Å². The van der Waals surface area contributed by atoms with Gasteiger partial charge in [-0.2, -0.15) is 4.68 Å². The van der Waals surface area contributed by atoms with Gasteiger partial charge in [0, 0.05) is 19.7 Å². The number of ether oxygens (including phenoxy) is 1. The molecule has 1 fully saturated rings. The Balaban J connectivity index is 0.00000225. The third-order valence-electron chi connectivity index (χ3n) is 4.94. The third kappa shape index (κ3) is 6.80. The lowest BCUT2D eigenvalue weighted by atomic mass is 10.1. The molecule has 3 rings (SSSR count). The van der Waals surface area contributed by atoms with E-state index in [-0.39, 0.29) is 42.9 Å². The first-order valence-electron chi connectivity index (χ1n) is 9.93. The number of tetrazole rings is 1. The lowest BCUT2D eigenvalue weighted by molar-refractivity contribution is -0.134. The van der Waals surface area contributed by atoms with E-state index in [1.54, 1.807) is 4.68 Å². The van der Waals surface area contributed by atoms with Crippen molar-refractivity contribution in [3.63, 3.8) is 0 Å². The molecule has 1 saturated heterocycles. The summed E-state index contributed by atoms with van der Waals surface area (Å²) in [5, 5.41) is 15.1. The maximum Gasteiger partial charge on any atom is 0.248 e. The second-order valence-electron chi connectivity index (χ2n) is 6.89. The predicted molar refractivity (Wildman–Crippen MR) is 121 cm³/mol. The number of halogens is 2. The van der Waals surface area contributed by atoms with Gasteiger partial charge in [-0.05, 0) is 54.8 Å². The molecule has 0 aliphatic carbocycles. The highest BCUT2D eigenvalue weighted by molar-refractivity contribution is 5.85. The normalized spacial score (nSPS) is 15.1. The van der Waals surface area contributed by atoms with E-state index >= 15 is 0 Å². The SMILES string of the molecule is CCC(Nc1nnnn1-c1ccccc1)C(=O)N1CCC(OCCCN)CC1.Cl.Cl. The van der Waals surface area contributed by atoms with E-state index < -0.39 is 0 Å². The van der Waals surface area contributed by atoms with Crippen molar-refractivity contribution in [3.05, 3.63) is 30.3 Å². The Kier molecular flexibility index (Phi) is 11.6. The minimum Gasteiger partial charge on any atom is -0.378 e. The van der Waals surface area contributed by atoms with E-state index in [4.69, 9.17) is 10.5 Å². The Morgan fingerprint density at radius 3 is 2.60 bits per heavy atom. The summed E-state index contributed by atoms with van der Waals surface area (Å²) in [5.74, 6) is 0.539. The Labute approximate surface area is 189 Å². The van der Waals surface area contributed by atoms with Crippen molar-refractivity contribution in [2.24, 2.45) is 5.73 Å². The van der Waals surface area contributed by atoms with Gasteiger partial charge in [0.1, 0.15) is 6.04 Å². The van der Waals surface area contributed by atoms with Gasteiger partial charge in [-0.3, -0.25) is 4.79 Å². The number of carbonyl (C=O) groups is 1. The van der Waals surface area contributed by atoms with Crippen molar-refractivity contribution < 1.29 is 9.53 Å². The lowest BCUT2D eigenvalue weighted by Gasteiger charge is -2.34. The quantitative estimate of drug-likeness (QED) is 0.551. The van der Waals surface area contributed by atoms with Crippen molar-refractivity contribution in [2.45, 2.75) is 44.8 Å². The number of nitrogens with zero attached hydrogens (tertiary/aromatic N) is 5. The Morgan fingerprint density at radius 1 is 1.27 bits per heavy atom. The number of benzene rings is 1. The molecule has 0 spiro atoms. The molecule has 1 atom stereocenters. The van der Waals surface area contributed by atoms with Gasteiger partial charge in [0.15, 0.2) is 0 Å². The number of nitrogens with one attached hydrogen (secondary N) is 1. The van der Waals surface area contributed by atoms with Gasteiger partial charge in [0.05, 0.1) is 11.8 Å². The number of rotatable bonds is 9. The summed E-state index contributed by atoms with van der Waals surface area (Å²) in [6, 6.07) is 9.23. The van der Waals surface area contributed by atoms with E-state index in [1.165, 1.54) is 0 Å². The van der Waals surface area contributed by atoms with Crippen LogP contribution in [0.3, 0.4) is 0 Å². The molecule has 0 radical (unpaired) electrons. The van der Waals surface area contributed by atoms with Crippen LogP contribution >= 0.6 is 24.8 Å². The number of piperidine rings is 1. The molecule has 168 valence electrons. The van der Waals surface area contributed by atoms with Crippen LogP contribution in [0, 0.1) is 0 Å². The Morgan fingerprint density at radius 2 is 1.97 bits per heavy atom. The maximum absolute atomic E-state index is 13.0. The minimum absolute atomic E-state index is 0. The van der Waals surface area contributed by atoms with E-state index in [0.29, 0.717) is 38.6 Å². The third-order valence-corrected chi connectivity index (χ3v) is 4.94. The fourth-order valence-electron chi connectivity index (χ4n) is 3.31. The van der Waals surface area contributed by atoms with Crippen molar-refractivity contribution in [1.29, 1.82) is 0 Å². The van der Waals surface area contributed by atoms with Gasteiger partial charge in [-0.15, -0.1) is 24.8 Å². The van der Waals surface area contributed by atoms with E-state index in [9.17, 15) is 4.79 Å². The van der Waals surface area contributed by atoms with Crippen LogP contribution in [0.5, 0.6) is 0 Å². The first-order valence-corrected chi connectivity index (χ1v) is 9.93. The zero-order valence-electron chi connectivity index (χ0n) is 17.1. The van der Waals surface area contributed by atoms with Crippen LogP contribution in [0.2, 0.25) is 0 Å². The molecule has 2 aromatic rings. The van der Waals surface area contributed by atoms with Crippen LogP contribution in [0.15, 0.2) is 30.3 Å². The first-order chi connectivity index (χ1) is 13.7. The molecule has 30 heavy (non-hydrogen) atoms. The molecule has 11 heteroatoms. The van der Waals surface area contributed by atoms with Crippen LogP contribution < -0.4 is 11.1 Å². The lowest BCUT2D eigenvalue weighted by Crippen LogP contribution is -2.47. The number of nitrogens with two attached hydrogens (primary N) is 1. The highest BCUT2D eigenvalue weighted by atomic mass is 35.5. The first kappa shape index (κ1) is 26.1. The number of carbonyl (C=O) groups excluding carboxylic acids is 1. The number of anilines is 1. The fraction of sp³-hybridized carbons (Fsp3) is 0.579. The summed E-state index contributed by atoms with van der Waals surface area (Å²) in [4.78, 5) is 14.9. The monoisotopic (exact) mass is 459 g/mol. The Bertz CT molecular complexity index is 739. The highest BCUT2D eigenvalue weighted by Gasteiger charge is 2.28. The summed E-state index contributed by atoms with van der Waals surface area (Å²) < 4.78 is 7.43. The van der Waals surface area contributed by atoms with Crippen molar-refractivity contribution in [3.8, 4) is 5.69 Å². The molecule has 9 nitrogen and oxygen atoms in total. The molecule has 1 amide bonds. The van der Waals surface area contributed by atoms with Crippen molar-refractivity contribution in [1.82, 2.24) is 25.1 Å². The van der Waals surface area contributed by atoms with Crippen LogP contribution in [0.4, 0.5) is 5.95 Å². The number of aromatic nitrogens is 4. The van der Waals surface area contributed by atoms with E-state index in [0.717, 1.165) is 24.9 Å². The molecule has 1 aromatic heterocycles. The molecule has 0 bridgehead atoms. The number of amides is 1. The topological polar surface area (TPSA) is 111 Å². The minimum atomic E-state index is -0.372. The van der Waals surface area contributed by atoms with Gasteiger partial charge in [-0.1, -0.05) is 30.2 Å². The largest absolute Gasteiger partial charge is 0.378 e. The van der Waals surface area contributed by atoms with Crippen LogP contribution in [-0.4, -0.2) is 69.4 Å². The maximum atomic E-state index is 13.0. The standard InChI is InChI=1S/C19H29N7O2.2ClH/c1-2-17(18(27)25-12-9-16(10-13-25)28-14-6-11-20)21-19-22-23-24-26(19)15-7-4-3-5-8-15;;/h3-5,7-8,16-17H,2,6,9-14,20H2,1H3,(H,21,22,24);2*1H. The average molecular weight is 460 g/mol. The molecular weight excluding hydrogens is 429 g/mol. The van der Waals surface area contributed by atoms with Crippen LogP contribution in [0.1, 0.15) is 32.6 Å². The molecule has 1 aromatic carbocycles. The zero-order chi connectivity index (χ0) is 19.8. The van der Waals surface area contributed by atoms with Gasteiger partial charge in [0.25, 0.3) is 0 Å². The molecule has 1 aliphatic rings. The molecule has 2 heterocycles. The van der Waals surface area contributed by atoms with Crippen LogP contribution in [0.25, 0.3) is 5.69 Å². The second kappa shape index (κ2) is 13.4. The molecule has 1 unspecified atom stereocenters. The molecule has 0 saturated carbocycles. The fourth-order valence-corrected chi connectivity index (χ4v) is 3.31. The van der Waals surface area contributed by atoms with Gasteiger partial charge in [0.2, 0.25) is 11.9 Å². The number of likely N-dealkylation sites (tertiary alicyclic amines) is 1. The summed E-state index contributed by atoms with van der Waals surface area (Å²) in [6.45, 7) is 4.72. The smallest absolute Gasteiger partial charge is 0.248 e. The Hall–Kier alpha value is -1.94. The van der Waals surface area contributed by atoms with Gasteiger partial charge >= 0.3 is 0 Å². The van der Waals surface area contributed by atoms with Gasteiger partial charge in [-0.25, -0.2) is 0 Å². The van der Waals surface area contributed by atoms with Crippen LogP contribution in [-0.2, 0) is 9.53 Å². The average Bonchev–Trinajstić information content (AvgIpc) is 3.21. The molecule has 3 N–H and O–H groups in total. The number of para-hydroxylation sites is 1. The second-order valence-corrected chi connectivity index (χ2v) is 6.89. The highest BCUT2D eigenvalue weighted by Crippen LogP contribution is 2.18. The summed E-state index contributed by atoms with van der Waals surface area (Å²) in [5.41, 5.74) is 6.34. The zero-order valence-corrected chi connectivity index (χ0v) is 18.8. The van der Waals surface area contributed by atoms with E-state index in [2.05, 4.69) is 20.8 Å². The summed E-state index contributed by atoms with van der Waals surface area (Å²) in [6.07, 6.45) is 3.45. The van der Waals surface area contributed by atoms with Crippen molar-refractivity contribution >= 4 is 36.7 Å². The number of hydrogen-bond acceptors (Lipinski definition) is 7. The van der Waals surface area contributed by atoms with E-state index in [1.807, 2.05) is 42.2 Å². The molecular formula is C19H31Cl2N7O2. The molecule has 1 aliphatic heterocycles. The van der Waals surface area contributed by atoms with Crippen molar-refractivity contribution in [2.75, 3.05) is 31.6 Å². The summed E-state index contributed by atoms with van der Waals surface area (Å²) >= 11 is 0. The summed E-state index contributed by atoms with van der Waals surface area (Å²) in [7, 11) is 0. The number of hydrogen-bond donors (Lipinski definition) is 2. The predicted octanol–water partition coefficient (Wildman–Crippen LogP) is 2.05.